The van der Waals surface area contributed by atoms with Crippen LogP contribution in [0.1, 0.15) is 31.7 Å². The zero-order chi connectivity index (χ0) is 11.1. The third-order valence-corrected chi connectivity index (χ3v) is 3.99. The molecule has 1 unspecified atom stereocenters. The minimum Gasteiger partial charge on any atom is -0.301 e. The molecular formula is C11H10N2O2S. The molecule has 16 heavy (non-hydrogen) atoms. The van der Waals surface area contributed by atoms with E-state index in [4.69, 9.17) is 0 Å². The molecule has 2 N–H and O–H groups in total. The van der Waals surface area contributed by atoms with Crippen LogP contribution in [-0.2, 0) is 0 Å². The SMILES string of the molecule is O=C1NC(=O)c2cc(C3NCCS3)ccc21. The average molecular weight is 234 g/mol. The van der Waals surface area contributed by atoms with Crippen LogP contribution in [0, 0.1) is 0 Å². The summed E-state index contributed by atoms with van der Waals surface area (Å²) in [5.74, 6) is 0.496. The van der Waals surface area contributed by atoms with Crippen molar-refractivity contribution in [3.05, 3.63) is 34.9 Å². The molecule has 0 aromatic heterocycles. The number of carbonyl (C=O) groups is 2. The van der Waals surface area contributed by atoms with Crippen LogP contribution in [0.5, 0.6) is 0 Å². The number of hydrogen-bond donors (Lipinski definition) is 2. The van der Waals surface area contributed by atoms with Crippen molar-refractivity contribution < 1.29 is 9.59 Å². The molecule has 0 radical (unpaired) electrons. The minimum absolute atomic E-state index is 0.244. The summed E-state index contributed by atoms with van der Waals surface area (Å²) in [5, 5.41) is 5.88. The first-order valence-corrected chi connectivity index (χ1v) is 6.15. The van der Waals surface area contributed by atoms with E-state index in [1.165, 1.54) is 0 Å². The van der Waals surface area contributed by atoms with Crippen molar-refractivity contribution in [1.29, 1.82) is 0 Å². The number of carbonyl (C=O) groups excluding carboxylic acids is 2. The van der Waals surface area contributed by atoms with Gasteiger partial charge in [-0.3, -0.25) is 14.9 Å². The van der Waals surface area contributed by atoms with Crippen LogP contribution in [0.15, 0.2) is 18.2 Å². The number of benzene rings is 1. The number of rotatable bonds is 1. The second-order valence-electron chi connectivity index (χ2n) is 3.79. The molecule has 82 valence electrons. The van der Waals surface area contributed by atoms with Crippen LogP contribution in [0.4, 0.5) is 0 Å². The molecule has 3 rings (SSSR count). The maximum absolute atomic E-state index is 11.5. The van der Waals surface area contributed by atoms with Gasteiger partial charge in [0.05, 0.1) is 16.5 Å². The Bertz CT molecular complexity index is 481. The summed E-state index contributed by atoms with van der Waals surface area (Å²) in [6.45, 7) is 0.984. The Balaban J connectivity index is 2.02. The zero-order valence-electron chi connectivity index (χ0n) is 8.45. The highest BCUT2D eigenvalue weighted by molar-refractivity contribution is 7.99. The van der Waals surface area contributed by atoms with Gasteiger partial charge in [-0.25, -0.2) is 0 Å². The molecule has 2 amide bonds. The number of fused-ring (bicyclic) bond motifs is 1. The minimum atomic E-state index is -0.293. The van der Waals surface area contributed by atoms with Gasteiger partial charge < -0.3 is 5.32 Å². The predicted molar refractivity (Wildman–Crippen MR) is 61.4 cm³/mol. The average Bonchev–Trinajstić information content (AvgIpc) is 2.88. The van der Waals surface area contributed by atoms with E-state index < -0.39 is 0 Å². The summed E-state index contributed by atoms with van der Waals surface area (Å²) in [4.78, 5) is 22.8. The van der Waals surface area contributed by atoms with Crippen LogP contribution in [0.2, 0.25) is 0 Å². The number of hydrogen-bond acceptors (Lipinski definition) is 4. The van der Waals surface area contributed by atoms with Gasteiger partial charge in [-0.2, -0.15) is 0 Å². The molecule has 4 nitrogen and oxygen atoms in total. The highest BCUT2D eigenvalue weighted by Gasteiger charge is 2.28. The molecule has 0 bridgehead atoms. The summed E-state index contributed by atoms with van der Waals surface area (Å²) >= 11 is 1.82. The number of amides is 2. The van der Waals surface area contributed by atoms with Crippen LogP contribution >= 0.6 is 11.8 Å². The normalized spacial score (nSPS) is 23.4. The second kappa shape index (κ2) is 3.61. The number of nitrogens with one attached hydrogen (secondary N) is 2. The molecule has 1 saturated heterocycles. The lowest BCUT2D eigenvalue weighted by atomic mass is 10.1. The molecule has 1 aromatic carbocycles. The fourth-order valence-corrected chi connectivity index (χ4v) is 3.03. The van der Waals surface area contributed by atoms with Gasteiger partial charge in [-0.1, -0.05) is 6.07 Å². The third kappa shape index (κ3) is 1.44. The first kappa shape index (κ1) is 9.86. The lowest BCUT2D eigenvalue weighted by Gasteiger charge is -2.10. The molecular weight excluding hydrogens is 224 g/mol. The Morgan fingerprint density at radius 2 is 2.00 bits per heavy atom. The molecule has 1 atom stereocenters. The van der Waals surface area contributed by atoms with E-state index in [-0.39, 0.29) is 17.2 Å². The van der Waals surface area contributed by atoms with E-state index in [0.717, 1.165) is 17.9 Å². The topological polar surface area (TPSA) is 58.2 Å². The van der Waals surface area contributed by atoms with Gasteiger partial charge in [0, 0.05) is 12.3 Å². The number of thioether (sulfide) groups is 1. The molecule has 0 aliphatic carbocycles. The first-order valence-electron chi connectivity index (χ1n) is 5.10. The Morgan fingerprint density at radius 3 is 2.75 bits per heavy atom. The van der Waals surface area contributed by atoms with Crippen LogP contribution < -0.4 is 10.6 Å². The van der Waals surface area contributed by atoms with Crippen molar-refractivity contribution in [3.8, 4) is 0 Å². The van der Waals surface area contributed by atoms with Crippen LogP contribution in [0.3, 0.4) is 0 Å². The van der Waals surface area contributed by atoms with Gasteiger partial charge in [0.25, 0.3) is 11.8 Å². The number of imide groups is 1. The van der Waals surface area contributed by atoms with E-state index in [1.807, 2.05) is 23.9 Å². The Morgan fingerprint density at radius 1 is 1.19 bits per heavy atom. The lowest BCUT2D eigenvalue weighted by Crippen LogP contribution is -2.19. The molecule has 1 aromatic rings. The van der Waals surface area contributed by atoms with Crippen molar-refractivity contribution in [2.45, 2.75) is 5.37 Å². The maximum atomic E-state index is 11.5. The van der Waals surface area contributed by atoms with E-state index in [2.05, 4.69) is 10.6 Å². The molecule has 2 aliphatic heterocycles. The van der Waals surface area contributed by atoms with E-state index in [1.54, 1.807) is 6.07 Å². The zero-order valence-corrected chi connectivity index (χ0v) is 9.26. The van der Waals surface area contributed by atoms with Gasteiger partial charge in [0.1, 0.15) is 0 Å². The fourth-order valence-electron chi connectivity index (χ4n) is 1.99. The van der Waals surface area contributed by atoms with Gasteiger partial charge in [-0.15, -0.1) is 11.8 Å². The van der Waals surface area contributed by atoms with Crippen LogP contribution in [0.25, 0.3) is 0 Å². The third-order valence-electron chi connectivity index (χ3n) is 2.78. The van der Waals surface area contributed by atoms with E-state index >= 15 is 0 Å². The summed E-state index contributed by atoms with van der Waals surface area (Å²) in [6, 6.07) is 5.45. The lowest BCUT2D eigenvalue weighted by molar-refractivity contribution is 0.0879. The van der Waals surface area contributed by atoms with Crippen LogP contribution in [-0.4, -0.2) is 24.1 Å². The van der Waals surface area contributed by atoms with Gasteiger partial charge in [0.2, 0.25) is 0 Å². The predicted octanol–water partition coefficient (Wildman–Crippen LogP) is 0.905. The standard InChI is InChI=1S/C11H10N2O2S/c14-9-7-2-1-6(11-12-3-4-16-11)5-8(7)10(15)13-9/h1-2,5,11-12H,3-4H2,(H,13,14,15). The molecule has 0 spiro atoms. The fraction of sp³-hybridized carbons (Fsp3) is 0.273. The molecule has 2 aliphatic rings. The molecule has 2 heterocycles. The quantitative estimate of drug-likeness (QED) is 0.709. The van der Waals surface area contributed by atoms with Crippen molar-refractivity contribution in [2.24, 2.45) is 0 Å². The summed E-state index contributed by atoms with van der Waals surface area (Å²) in [7, 11) is 0. The Labute approximate surface area is 96.8 Å². The summed E-state index contributed by atoms with van der Waals surface area (Å²) in [5.41, 5.74) is 2.04. The smallest absolute Gasteiger partial charge is 0.258 e. The maximum Gasteiger partial charge on any atom is 0.258 e. The van der Waals surface area contributed by atoms with Crippen molar-refractivity contribution in [1.82, 2.24) is 10.6 Å². The van der Waals surface area contributed by atoms with E-state index in [9.17, 15) is 9.59 Å². The van der Waals surface area contributed by atoms with E-state index in [0.29, 0.717) is 11.1 Å². The highest BCUT2D eigenvalue weighted by atomic mass is 32.2. The second-order valence-corrected chi connectivity index (χ2v) is 5.01. The Kier molecular flexibility index (Phi) is 2.22. The van der Waals surface area contributed by atoms with Gasteiger partial charge in [0.15, 0.2) is 0 Å². The highest BCUT2D eigenvalue weighted by Crippen LogP contribution is 2.31. The van der Waals surface area contributed by atoms with Gasteiger partial charge in [-0.05, 0) is 17.7 Å². The first-order chi connectivity index (χ1) is 7.75. The molecule has 1 fully saturated rings. The van der Waals surface area contributed by atoms with Crippen molar-refractivity contribution in [3.63, 3.8) is 0 Å². The monoisotopic (exact) mass is 234 g/mol. The molecule has 0 saturated carbocycles. The summed E-state index contributed by atoms with van der Waals surface area (Å²) < 4.78 is 0. The Hall–Kier alpha value is -1.33. The van der Waals surface area contributed by atoms with Crippen molar-refractivity contribution >= 4 is 23.6 Å². The largest absolute Gasteiger partial charge is 0.301 e. The van der Waals surface area contributed by atoms with Gasteiger partial charge >= 0.3 is 0 Å². The molecule has 5 heteroatoms. The summed E-state index contributed by atoms with van der Waals surface area (Å²) in [6.07, 6.45) is 0. The van der Waals surface area contributed by atoms with Crippen molar-refractivity contribution in [2.75, 3.05) is 12.3 Å².